The third-order valence-corrected chi connectivity index (χ3v) is 4.34. The Hall–Kier alpha value is -2.12. The monoisotopic (exact) mass is 325 g/mol. The average Bonchev–Trinajstić information content (AvgIpc) is 3.04. The Morgan fingerprint density at radius 3 is 2.61 bits per heavy atom. The van der Waals surface area contributed by atoms with Crippen molar-refractivity contribution < 1.29 is 13.2 Å². The third kappa shape index (κ3) is 2.77. The lowest BCUT2D eigenvalue weighted by Crippen LogP contribution is -2.26. The van der Waals surface area contributed by atoms with Crippen LogP contribution in [0.3, 0.4) is 0 Å². The highest BCUT2D eigenvalue weighted by molar-refractivity contribution is 5.42. The van der Waals surface area contributed by atoms with Gasteiger partial charge in [-0.2, -0.15) is 18.3 Å². The molecule has 1 aliphatic rings. The Morgan fingerprint density at radius 2 is 2.00 bits per heavy atom. The smallest absolute Gasteiger partial charge is 0.334 e. The molecule has 0 aliphatic carbocycles. The van der Waals surface area contributed by atoms with E-state index >= 15 is 0 Å². The molecule has 0 N–H and O–H groups in total. The summed E-state index contributed by atoms with van der Waals surface area (Å²) in [5.41, 5.74) is 2.07. The van der Waals surface area contributed by atoms with Crippen LogP contribution in [0.4, 0.5) is 19.1 Å². The van der Waals surface area contributed by atoms with E-state index in [2.05, 4.69) is 15.1 Å². The lowest BCUT2D eigenvalue weighted by molar-refractivity contribution is -0.141. The van der Waals surface area contributed by atoms with Gasteiger partial charge in [0.15, 0.2) is 0 Å². The van der Waals surface area contributed by atoms with Gasteiger partial charge in [-0.05, 0) is 32.8 Å². The van der Waals surface area contributed by atoms with Crippen LogP contribution in [-0.4, -0.2) is 26.3 Å². The van der Waals surface area contributed by atoms with E-state index in [0.29, 0.717) is 6.54 Å². The lowest BCUT2D eigenvalue weighted by Gasteiger charge is -2.25. The summed E-state index contributed by atoms with van der Waals surface area (Å²) in [6.45, 7) is 4.53. The summed E-state index contributed by atoms with van der Waals surface area (Å²) in [5, 5.41) is 4.41. The molecular formula is C15H18F3N5. The molecule has 3 rings (SSSR count). The van der Waals surface area contributed by atoms with Crippen molar-refractivity contribution in [3.63, 3.8) is 0 Å². The minimum Gasteiger partial charge on any atom is -0.334 e. The molecule has 3 heterocycles. The van der Waals surface area contributed by atoms with Crippen LogP contribution in [0.25, 0.3) is 0 Å². The van der Waals surface area contributed by atoms with Crippen molar-refractivity contribution in [2.75, 3.05) is 11.4 Å². The second-order valence-electron chi connectivity index (χ2n) is 5.80. The van der Waals surface area contributed by atoms with E-state index in [4.69, 9.17) is 0 Å². The highest BCUT2D eigenvalue weighted by Gasteiger charge is 2.36. The van der Waals surface area contributed by atoms with Gasteiger partial charge in [-0.3, -0.25) is 4.68 Å². The highest BCUT2D eigenvalue weighted by atomic mass is 19.4. The normalized spacial score (nSPS) is 18.7. The second kappa shape index (κ2) is 5.50. The first-order valence-electron chi connectivity index (χ1n) is 7.46. The first kappa shape index (κ1) is 15.8. The van der Waals surface area contributed by atoms with E-state index in [1.165, 1.54) is 6.20 Å². The van der Waals surface area contributed by atoms with Crippen molar-refractivity contribution >= 4 is 5.95 Å². The molecular weight excluding hydrogens is 307 g/mol. The highest BCUT2D eigenvalue weighted by Crippen LogP contribution is 2.38. The number of aromatic nitrogens is 4. The fourth-order valence-corrected chi connectivity index (χ4v) is 3.22. The number of aryl methyl sites for hydroxylation is 2. The molecule has 0 unspecified atom stereocenters. The Kier molecular flexibility index (Phi) is 3.77. The fraction of sp³-hybridized carbons (Fsp3) is 0.533. The van der Waals surface area contributed by atoms with Crippen molar-refractivity contribution in [1.29, 1.82) is 0 Å². The van der Waals surface area contributed by atoms with Crippen molar-refractivity contribution in [2.24, 2.45) is 7.05 Å². The summed E-state index contributed by atoms with van der Waals surface area (Å²) in [5.74, 6) is 0.130. The molecule has 0 bridgehead atoms. The number of anilines is 1. The largest absolute Gasteiger partial charge is 0.433 e. The van der Waals surface area contributed by atoms with E-state index < -0.39 is 11.9 Å². The number of hydrogen-bond donors (Lipinski definition) is 0. The number of nitrogens with zero attached hydrogens (tertiary/aromatic N) is 5. The third-order valence-electron chi connectivity index (χ3n) is 4.34. The summed E-state index contributed by atoms with van der Waals surface area (Å²) >= 11 is 0. The van der Waals surface area contributed by atoms with Crippen molar-refractivity contribution in [1.82, 2.24) is 19.7 Å². The zero-order valence-electron chi connectivity index (χ0n) is 13.2. The van der Waals surface area contributed by atoms with Crippen LogP contribution in [0, 0.1) is 13.8 Å². The minimum atomic E-state index is -4.47. The van der Waals surface area contributed by atoms with Gasteiger partial charge in [-0.1, -0.05) is 0 Å². The zero-order chi connectivity index (χ0) is 16.8. The van der Waals surface area contributed by atoms with E-state index in [1.807, 2.05) is 25.8 Å². The van der Waals surface area contributed by atoms with Crippen molar-refractivity contribution in [2.45, 2.75) is 38.9 Å². The van der Waals surface area contributed by atoms with E-state index in [-0.39, 0.29) is 12.0 Å². The van der Waals surface area contributed by atoms with Crippen LogP contribution < -0.4 is 4.90 Å². The maximum atomic E-state index is 12.9. The first-order chi connectivity index (χ1) is 10.8. The Morgan fingerprint density at radius 1 is 1.26 bits per heavy atom. The Bertz CT molecular complexity index is 722. The quantitative estimate of drug-likeness (QED) is 0.851. The molecule has 124 valence electrons. The molecule has 23 heavy (non-hydrogen) atoms. The summed E-state index contributed by atoms with van der Waals surface area (Å²) in [7, 11) is 1.87. The predicted octanol–water partition coefficient (Wildman–Crippen LogP) is 3.19. The Labute approximate surface area is 132 Å². The molecule has 0 saturated carbocycles. The van der Waals surface area contributed by atoms with Gasteiger partial charge in [0.25, 0.3) is 0 Å². The summed E-state index contributed by atoms with van der Waals surface area (Å²) < 4.78 is 40.5. The molecule has 0 spiro atoms. The van der Waals surface area contributed by atoms with E-state index in [9.17, 15) is 13.2 Å². The standard InChI is InChI=1S/C15H18F3N5/c1-9-13(10(2)22(3)21-9)11-5-4-8-23(11)14-19-7-6-12(20-14)15(16,17)18/h6-7,11H,4-5,8H2,1-3H3/t11-/m0/s1. The van der Waals surface area contributed by atoms with E-state index in [0.717, 1.165) is 35.9 Å². The van der Waals surface area contributed by atoms with Gasteiger partial charge in [-0.25, -0.2) is 9.97 Å². The molecule has 8 heteroatoms. The maximum Gasteiger partial charge on any atom is 0.433 e. The van der Waals surface area contributed by atoms with Gasteiger partial charge in [0, 0.05) is 31.0 Å². The molecule has 2 aromatic heterocycles. The SMILES string of the molecule is Cc1nn(C)c(C)c1[C@@H]1CCCN1c1nccc(C(F)(F)F)n1. The molecule has 5 nitrogen and oxygen atoms in total. The van der Waals surface area contributed by atoms with Gasteiger partial charge < -0.3 is 4.90 Å². The summed E-state index contributed by atoms with van der Waals surface area (Å²) in [6, 6.07) is 0.863. The van der Waals surface area contributed by atoms with Crippen molar-refractivity contribution in [3.05, 3.63) is 34.9 Å². The van der Waals surface area contributed by atoms with Crippen LogP contribution in [0.15, 0.2) is 12.3 Å². The summed E-state index contributed by atoms with van der Waals surface area (Å²) in [6.07, 6.45) is -1.55. The van der Waals surface area contributed by atoms with Gasteiger partial charge >= 0.3 is 6.18 Å². The summed E-state index contributed by atoms with van der Waals surface area (Å²) in [4.78, 5) is 9.65. The molecule has 2 aromatic rings. The number of rotatable bonds is 2. The van der Waals surface area contributed by atoms with Gasteiger partial charge in [-0.15, -0.1) is 0 Å². The molecule has 1 fully saturated rings. The molecule has 1 aliphatic heterocycles. The fourth-order valence-electron chi connectivity index (χ4n) is 3.22. The molecule has 0 aromatic carbocycles. The van der Waals surface area contributed by atoms with Crippen LogP contribution >= 0.6 is 0 Å². The number of alkyl halides is 3. The van der Waals surface area contributed by atoms with Crippen LogP contribution in [0.2, 0.25) is 0 Å². The molecule has 1 saturated heterocycles. The first-order valence-corrected chi connectivity index (χ1v) is 7.46. The van der Waals surface area contributed by atoms with Gasteiger partial charge in [0.1, 0.15) is 5.69 Å². The second-order valence-corrected chi connectivity index (χ2v) is 5.80. The maximum absolute atomic E-state index is 12.9. The number of hydrogen-bond acceptors (Lipinski definition) is 4. The number of halogens is 3. The molecule has 1 atom stereocenters. The molecule has 0 amide bonds. The average molecular weight is 325 g/mol. The van der Waals surface area contributed by atoms with Crippen molar-refractivity contribution in [3.8, 4) is 0 Å². The minimum absolute atomic E-state index is 0.0350. The Balaban J connectivity index is 1.99. The van der Waals surface area contributed by atoms with E-state index in [1.54, 1.807) is 4.68 Å². The van der Waals surface area contributed by atoms with Gasteiger partial charge in [0.2, 0.25) is 5.95 Å². The molecule has 0 radical (unpaired) electrons. The van der Waals surface area contributed by atoms with Gasteiger partial charge in [0.05, 0.1) is 11.7 Å². The van der Waals surface area contributed by atoms with Crippen LogP contribution in [-0.2, 0) is 13.2 Å². The lowest BCUT2D eigenvalue weighted by atomic mass is 10.0. The topological polar surface area (TPSA) is 46.8 Å². The van der Waals surface area contributed by atoms with Crippen LogP contribution in [0.1, 0.15) is 41.5 Å². The van der Waals surface area contributed by atoms with Crippen LogP contribution in [0.5, 0.6) is 0 Å². The predicted molar refractivity (Wildman–Crippen MR) is 79.0 cm³/mol. The zero-order valence-corrected chi connectivity index (χ0v) is 13.2.